The van der Waals surface area contributed by atoms with Gasteiger partial charge in [0.1, 0.15) is 11.1 Å². The minimum atomic E-state index is -0.623. The Morgan fingerprint density at radius 1 is 1.13 bits per heavy atom. The van der Waals surface area contributed by atoms with E-state index in [1.165, 1.54) is 5.56 Å². The first-order chi connectivity index (χ1) is 14.7. The second-order valence-electron chi connectivity index (χ2n) is 7.59. The number of benzene rings is 2. The van der Waals surface area contributed by atoms with Crippen LogP contribution in [-0.4, -0.2) is 15.7 Å². The summed E-state index contributed by atoms with van der Waals surface area (Å²) in [5.74, 6) is -0.414. The third-order valence-corrected chi connectivity index (χ3v) is 5.63. The number of amides is 1. The molecule has 1 atom stereocenters. The first-order valence-electron chi connectivity index (χ1n) is 10.1. The van der Waals surface area contributed by atoms with E-state index in [1.807, 2.05) is 41.2 Å². The van der Waals surface area contributed by atoms with Gasteiger partial charge in [0.25, 0.3) is 5.91 Å². The first kappa shape index (κ1) is 18.4. The normalized spacial score (nSPS) is 15.7. The summed E-state index contributed by atoms with van der Waals surface area (Å²) in [6.07, 6.45) is 4.53. The molecule has 0 spiro atoms. The predicted octanol–water partition coefficient (Wildman–Crippen LogP) is 3.85. The molecule has 5 rings (SSSR count). The highest BCUT2D eigenvalue weighted by Crippen LogP contribution is 2.30. The van der Waals surface area contributed by atoms with Crippen molar-refractivity contribution >= 4 is 16.9 Å². The molecule has 4 aromatic rings. The minimum absolute atomic E-state index is 0.0255. The molecule has 1 aliphatic carbocycles. The number of para-hydroxylation sites is 1. The van der Waals surface area contributed by atoms with Crippen molar-refractivity contribution in [3.8, 4) is 0 Å². The van der Waals surface area contributed by atoms with Crippen LogP contribution < -0.4 is 10.9 Å². The topological polar surface area (TPSA) is 77.1 Å². The Labute approximate surface area is 173 Å². The smallest absolute Gasteiger partial charge is 0.349 e. The van der Waals surface area contributed by atoms with Gasteiger partial charge in [-0.1, -0.05) is 48.5 Å². The van der Waals surface area contributed by atoms with Crippen LogP contribution in [0.3, 0.4) is 0 Å². The molecule has 0 radical (unpaired) electrons. The van der Waals surface area contributed by atoms with Crippen LogP contribution in [0, 0.1) is 0 Å². The maximum Gasteiger partial charge on any atom is 0.349 e. The van der Waals surface area contributed by atoms with Crippen molar-refractivity contribution < 1.29 is 9.21 Å². The Bertz CT molecular complexity index is 1270. The zero-order valence-electron chi connectivity index (χ0n) is 16.4. The fourth-order valence-corrected chi connectivity index (χ4v) is 4.12. The van der Waals surface area contributed by atoms with Gasteiger partial charge in [-0.3, -0.25) is 9.48 Å². The molecule has 0 saturated heterocycles. The number of aromatic nitrogens is 2. The lowest BCUT2D eigenvalue weighted by molar-refractivity contribution is 0.0929. The van der Waals surface area contributed by atoms with E-state index in [-0.39, 0.29) is 11.6 Å². The van der Waals surface area contributed by atoms with Gasteiger partial charge < -0.3 is 9.73 Å². The van der Waals surface area contributed by atoms with Gasteiger partial charge in [-0.05, 0) is 37.0 Å². The molecule has 0 saturated carbocycles. The van der Waals surface area contributed by atoms with Crippen LogP contribution in [0.15, 0.2) is 76.1 Å². The van der Waals surface area contributed by atoms with E-state index < -0.39 is 11.5 Å². The van der Waals surface area contributed by atoms with Crippen LogP contribution in [0.4, 0.5) is 0 Å². The van der Waals surface area contributed by atoms with E-state index >= 15 is 0 Å². The lowest BCUT2D eigenvalue weighted by Gasteiger charge is -2.24. The van der Waals surface area contributed by atoms with E-state index in [1.54, 1.807) is 18.2 Å². The van der Waals surface area contributed by atoms with Gasteiger partial charge in [-0.2, -0.15) is 5.10 Å². The number of fused-ring (bicyclic) bond motifs is 2. The summed E-state index contributed by atoms with van der Waals surface area (Å²) in [5, 5.41) is 8.31. The number of carbonyl (C=O) groups excluding carboxylic acids is 1. The summed E-state index contributed by atoms with van der Waals surface area (Å²) in [6.45, 7) is 0.700. The van der Waals surface area contributed by atoms with Crippen molar-refractivity contribution in [2.75, 3.05) is 0 Å². The Hall–Kier alpha value is -3.67. The number of nitrogens with zero attached hydrogens (tertiary/aromatic N) is 2. The zero-order chi connectivity index (χ0) is 20.5. The first-order valence-corrected chi connectivity index (χ1v) is 10.1. The SMILES string of the molecule is O=C(NC1CCCc2c1cnn2Cc1ccccc1)c1cc2ccccc2oc1=O. The number of carbonyl (C=O) groups is 1. The second-order valence-corrected chi connectivity index (χ2v) is 7.59. The molecule has 30 heavy (non-hydrogen) atoms. The molecule has 150 valence electrons. The summed E-state index contributed by atoms with van der Waals surface area (Å²) >= 11 is 0. The fourth-order valence-electron chi connectivity index (χ4n) is 4.12. The van der Waals surface area contributed by atoms with Crippen molar-refractivity contribution in [1.29, 1.82) is 0 Å². The van der Waals surface area contributed by atoms with Crippen LogP contribution in [0.25, 0.3) is 11.0 Å². The van der Waals surface area contributed by atoms with Crippen LogP contribution in [-0.2, 0) is 13.0 Å². The van der Waals surface area contributed by atoms with Gasteiger partial charge >= 0.3 is 5.63 Å². The van der Waals surface area contributed by atoms with E-state index in [2.05, 4.69) is 22.5 Å². The number of nitrogens with one attached hydrogen (secondary N) is 1. The molecule has 1 amide bonds. The Morgan fingerprint density at radius 2 is 1.93 bits per heavy atom. The fraction of sp³-hybridized carbons (Fsp3) is 0.208. The molecule has 1 unspecified atom stereocenters. The zero-order valence-corrected chi connectivity index (χ0v) is 16.4. The summed E-state index contributed by atoms with van der Waals surface area (Å²) in [4.78, 5) is 25.2. The molecule has 2 aromatic heterocycles. The van der Waals surface area contributed by atoms with Crippen LogP contribution in [0.5, 0.6) is 0 Å². The monoisotopic (exact) mass is 399 g/mol. The highest BCUT2D eigenvalue weighted by Gasteiger charge is 2.27. The van der Waals surface area contributed by atoms with Crippen molar-refractivity contribution in [2.24, 2.45) is 0 Å². The number of hydrogen-bond acceptors (Lipinski definition) is 4. The average Bonchev–Trinajstić information content (AvgIpc) is 3.18. The summed E-state index contributed by atoms with van der Waals surface area (Å²) < 4.78 is 7.32. The van der Waals surface area contributed by atoms with Crippen LogP contribution in [0.2, 0.25) is 0 Å². The number of hydrogen-bond donors (Lipinski definition) is 1. The third-order valence-electron chi connectivity index (χ3n) is 5.63. The van der Waals surface area contributed by atoms with E-state index in [4.69, 9.17) is 4.42 Å². The van der Waals surface area contributed by atoms with E-state index in [9.17, 15) is 9.59 Å². The second kappa shape index (κ2) is 7.63. The Balaban J connectivity index is 1.40. The van der Waals surface area contributed by atoms with Crippen LogP contribution >= 0.6 is 0 Å². The molecule has 1 N–H and O–H groups in total. The maximum atomic E-state index is 12.9. The Kier molecular flexibility index (Phi) is 4.67. The van der Waals surface area contributed by atoms with Gasteiger partial charge in [-0.25, -0.2) is 4.79 Å². The molecule has 0 fully saturated rings. The molecule has 0 aliphatic heterocycles. The van der Waals surface area contributed by atoms with Crippen LogP contribution in [0.1, 0.15) is 46.1 Å². The quantitative estimate of drug-likeness (QED) is 0.529. The molecule has 2 aromatic carbocycles. The average molecular weight is 399 g/mol. The summed E-state index contributed by atoms with van der Waals surface area (Å²) in [7, 11) is 0. The third kappa shape index (κ3) is 3.41. The lowest BCUT2D eigenvalue weighted by Crippen LogP contribution is -2.33. The highest BCUT2D eigenvalue weighted by molar-refractivity contribution is 5.96. The van der Waals surface area contributed by atoms with Crippen molar-refractivity contribution in [3.05, 3.63) is 99.7 Å². The summed E-state index contributed by atoms with van der Waals surface area (Å²) in [6, 6.07) is 18.8. The molecule has 6 heteroatoms. The van der Waals surface area contributed by atoms with Crippen molar-refractivity contribution in [1.82, 2.24) is 15.1 Å². The van der Waals surface area contributed by atoms with Gasteiger partial charge in [0, 0.05) is 16.6 Å². The minimum Gasteiger partial charge on any atom is -0.422 e. The summed E-state index contributed by atoms with van der Waals surface area (Å²) in [5.41, 5.74) is 3.22. The van der Waals surface area contributed by atoms with Gasteiger partial charge in [0.2, 0.25) is 0 Å². The van der Waals surface area contributed by atoms with E-state index in [0.717, 1.165) is 35.9 Å². The predicted molar refractivity (Wildman–Crippen MR) is 113 cm³/mol. The van der Waals surface area contributed by atoms with Gasteiger partial charge in [-0.15, -0.1) is 0 Å². The molecule has 2 heterocycles. The highest BCUT2D eigenvalue weighted by atomic mass is 16.4. The largest absolute Gasteiger partial charge is 0.422 e. The van der Waals surface area contributed by atoms with Gasteiger partial charge in [0.05, 0.1) is 18.8 Å². The van der Waals surface area contributed by atoms with Crippen molar-refractivity contribution in [2.45, 2.75) is 31.8 Å². The molecular weight excluding hydrogens is 378 g/mol. The van der Waals surface area contributed by atoms with Gasteiger partial charge in [0.15, 0.2) is 0 Å². The molecule has 1 aliphatic rings. The maximum absolute atomic E-state index is 12.9. The van der Waals surface area contributed by atoms with Crippen molar-refractivity contribution in [3.63, 3.8) is 0 Å². The molecule has 6 nitrogen and oxygen atoms in total. The molecular formula is C24H21N3O3. The van der Waals surface area contributed by atoms with E-state index in [0.29, 0.717) is 12.1 Å². The lowest BCUT2D eigenvalue weighted by atomic mass is 9.92. The standard InChI is InChI=1S/C24H21N3O3/c28-23(18-13-17-9-4-5-12-22(17)30-24(18)29)26-20-10-6-11-21-19(20)14-25-27(21)15-16-7-2-1-3-8-16/h1-5,7-9,12-14,20H,6,10-11,15H2,(H,26,28). The number of rotatable bonds is 4. The molecule has 0 bridgehead atoms. The Morgan fingerprint density at radius 3 is 2.80 bits per heavy atom.